The summed E-state index contributed by atoms with van der Waals surface area (Å²) in [7, 11) is -0.728. The standard InChI is InChI=1S/C24H25ClN2O5S/c1-15-5-9-19(10-6-15)33(29,30)27-17-7-11-22(25)21(13-17)24(28)26-16(2)20-14-18(31-3)8-12-23(20)32-4/h5-14,16,27H,1-4H3,(H,26,28). The second-order valence-corrected chi connectivity index (χ2v) is 9.51. The van der Waals surface area contributed by atoms with Crippen molar-refractivity contribution in [3.8, 4) is 11.5 Å². The van der Waals surface area contributed by atoms with E-state index in [1.165, 1.54) is 30.3 Å². The monoisotopic (exact) mass is 488 g/mol. The van der Waals surface area contributed by atoms with Crippen LogP contribution >= 0.6 is 11.6 Å². The van der Waals surface area contributed by atoms with Gasteiger partial charge in [-0.15, -0.1) is 0 Å². The molecule has 2 N–H and O–H groups in total. The molecule has 3 aromatic carbocycles. The third-order valence-electron chi connectivity index (χ3n) is 5.05. The molecule has 0 fully saturated rings. The van der Waals surface area contributed by atoms with Crippen LogP contribution in [0.4, 0.5) is 5.69 Å². The second-order valence-electron chi connectivity index (χ2n) is 7.42. The summed E-state index contributed by atoms with van der Waals surface area (Å²) in [6.45, 7) is 3.67. The number of sulfonamides is 1. The van der Waals surface area contributed by atoms with Crippen LogP contribution in [0.15, 0.2) is 65.6 Å². The fourth-order valence-corrected chi connectivity index (χ4v) is 4.48. The van der Waals surface area contributed by atoms with Crippen molar-refractivity contribution < 1.29 is 22.7 Å². The molecule has 0 heterocycles. The Balaban J connectivity index is 1.83. The van der Waals surface area contributed by atoms with Crippen LogP contribution in [-0.2, 0) is 10.0 Å². The van der Waals surface area contributed by atoms with Crippen LogP contribution in [0.3, 0.4) is 0 Å². The molecular weight excluding hydrogens is 464 g/mol. The van der Waals surface area contributed by atoms with E-state index in [1.54, 1.807) is 51.5 Å². The maximum absolute atomic E-state index is 13.0. The first-order chi connectivity index (χ1) is 15.6. The number of hydrogen-bond acceptors (Lipinski definition) is 5. The summed E-state index contributed by atoms with van der Waals surface area (Å²) in [4.78, 5) is 13.1. The quantitative estimate of drug-likeness (QED) is 0.467. The van der Waals surface area contributed by atoms with Crippen LogP contribution < -0.4 is 19.5 Å². The van der Waals surface area contributed by atoms with Gasteiger partial charge < -0.3 is 14.8 Å². The van der Waals surface area contributed by atoms with Gasteiger partial charge in [0.25, 0.3) is 15.9 Å². The van der Waals surface area contributed by atoms with Crippen molar-refractivity contribution in [2.45, 2.75) is 24.8 Å². The zero-order valence-corrected chi connectivity index (χ0v) is 20.3. The molecular formula is C24H25ClN2O5S. The van der Waals surface area contributed by atoms with E-state index in [0.717, 1.165) is 11.1 Å². The molecule has 0 aliphatic heterocycles. The minimum atomic E-state index is -3.82. The predicted octanol–water partition coefficient (Wildman–Crippen LogP) is 4.96. The number of halogens is 1. The molecule has 7 nitrogen and oxygen atoms in total. The molecule has 0 aliphatic carbocycles. The van der Waals surface area contributed by atoms with Crippen molar-refractivity contribution in [1.82, 2.24) is 5.32 Å². The van der Waals surface area contributed by atoms with Crippen molar-refractivity contribution >= 4 is 33.2 Å². The maximum atomic E-state index is 13.0. The first-order valence-corrected chi connectivity index (χ1v) is 11.9. The average Bonchev–Trinajstić information content (AvgIpc) is 2.79. The summed E-state index contributed by atoms with van der Waals surface area (Å²) >= 11 is 6.25. The minimum Gasteiger partial charge on any atom is -0.497 e. The van der Waals surface area contributed by atoms with Crippen molar-refractivity contribution in [1.29, 1.82) is 0 Å². The molecule has 174 valence electrons. The highest BCUT2D eigenvalue weighted by Crippen LogP contribution is 2.30. The minimum absolute atomic E-state index is 0.118. The van der Waals surface area contributed by atoms with Crippen LogP contribution in [0, 0.1) is 6.92 Å². The fraction of sp³-hybridized carbons (Fsp3) is 0.208. The summed E-state index contributed by atoms with van der Waals surface area (Å²) < 4.78 is 38.6. The molecule has 9 heteroatoms. The van der Waals surface area contributed by atoms with Crippen LogP contribution in [0.1, 0.15) is 34.5 Å². The number of benzene rings is 3. The molecule has 0 radical (unpaired) electrons. The van der Waals surface area contributed by atoms with E-state index in [4.69, 9.17) is 21.1 Å². The number of aryl methyl sites for hydroxylation is 1. The van der Waals surface area contributed by atoms with Gasteiger partial charge >= 0.3 is 0 Å². The molecule has 1 atom stereocenters. The van der Waals surface area contributed by atoms with Crippen LogP contribution in [0.5, 0.6) is 11.5 Å². The highest BCUT2D eigenvalue weighted by molar-refractivity contribution is 7.92. The molecule has 0 bridgehead atoms. The van der Waals surface area contributed by atoms with Gasteiger partial charge in [0.2, 0.25) is 0 Å². The van der Waals surface area contributed by atoms with E-state index in [9.17, 15) is 13.2 Å². The van der Waals surface area contributed by atoms with Gasteiger partial charge in [-0.1, -0.05) is 29.3 Å². The Bertz CT molecular complexity index is 1260. The first kappa shape index (κ1) is 24.4. The molecule has 0 saturated carbocycles. The number of rotatable bonds is 8. The van der Waals surface area contributed by atoms with Gasteiger partial charge in [0.05, 0.1) is 35.7 Å². The first-order valence-electron chi connectivity index (χ1n) is 10.1. The predicted molar refractivity (Wildman–Crippen MR) is 129 cm³/mol. The molecule has 1 unspecified atom stereocenters. The van der Waals surface area contributed by atoms with Crippen molar-refractivity contribution in [2.24, 2.45) is 0 Å². The molecule has 0 spiro atoms. The molecule has 1 amide bonds. The fourth-order valence-electron chi connectivity index (χ4n) is 3.22. The zero-order chi connectivity index (χ0) is 24.2. The van der Waals surface area contributed by atoms with Gasteiger partial charge in [0.1, 0.15) is 11.5 Å². The molecule has 0 saturated heterocycles. The van der Waals surface area contributed by atoms with Crippen LogP contribution in [-0.4, -0.2) is 28.5 Å². The number of carbonyl (C=O) groups is 1. The van der Waals surface area contributed by atoms with E-state index in [1.807, 2.05) is 6.92 Å². The summed E-state index contributed by atoms with van der Waals surface area (Å²) in [6.07, 6.45) is 0. The topological polar surface area (TPSA) is 93.7 Å². The van der Waals surface area contributed by atoms with Gasteiger partial charge in [0, 0.05) is 11.3 Å². The third-order valence-corrected chi connectivity index (χ3v) is 6.77. The SMILES string of the molecule is COc1ccc(OC)c(C(C)NC(=O)c2cc(NS(=O)(=O)c3ccc(C)cc3)ccc2Cl)c1. The average molecular weight is 489 g/mol. The lowest BCUT2D eigenvalue weighted by atomic mass is 10.1. The number of anilines is 1. The Morgan fingerprint density at radius 1 is 0.970 bits per heavy atom. The molecule has 3 aromatic rings. The number of carbonyl (C=O) groups excluding carboxylic acids is 1. The Morgan fingerprint density at radius 3 is 2.30 bits per heavy atom. The van der Waals surface area contributed by atoms with Gasteiger partial charge in [-0.05, 0) is 62.4 Å². The zero-order valence-electron chi connectivity index (χ0n) is 18.7. The van der Waals surface area contributed by atoms with E-state index < -0.39 is 22.0 Å². The smallest absolute Gasteiger partial charge is 0.261 e. The van der Waals surface area contributed by atoms with Gasteiger partial charge in [-0.3, -0.25) is 9.52 Å². The van der Waals surface area contributed by atoms with E-state index in [2.05, 4.69) is 10.0 Å². The maximum Gasteiger partial charge on any atom is 0.261 e. The lowest BCUT2D eigenvalue weighted by Gasteiger charge is -2.19. The van der Waals surface area contributed by atoms with Crippen LogP contribution in [0.25, 0.3) is 0 Å². The molecule has 33 heavy (non-hydrogen) atoms. The van der Waals surface area contributed by atoms with Gasteiger partial charge in [0.15, 0.2) is 0 Å². The Kier molecular flexibility index (Phi) is 7.50. The largest absolute Gasteiger partial charge is 0.497 e. The number of amides is 1. The van der Waals surface area contributed by atoms with Crippen molar-refractivity contribution in [3.63, 3.8) is 0 Å². The number of ether oxygens (including phenoxy) is 2. The molecule has 0 aromatic heterocycles. The highest BCUT2D eigenvalue weighted by atomic mass is 35.5. The van der Waals surface area contributed by atoms with E-state index in [-0.39, 0.29) is 21.2 Å². The lowest BCUT2D eigenvalue weighted by Crippen LogP contribution is -2.27. The molecule has 0 aliphatic rings. The number of methoxy groups -OCH3 is 2. The third kappa shape index (κ3) is 5.77. The lowest BCUT2D eigenvalue weighted by molar-refractivity contribution is 0.0939. The van der Waals surface area contributed by atoms with E-state index >= 15 is 0 Å². The van der Waals surface area contributed by atoms with Gasteiger partial charge in [-0.2, -0.15) is 0 Å². The Labute approximate surface area is 198 Å². The number of nitrogens with one attached hydrogen (secondary N) is 2. The summed E-state index contributed by atoms with van der Waals surface area (Å²) in [5, 5.41) is 3.06. The van der Waals surface area contributed by atoms with Crippen LogP contribution in [0.2, 0.25) is 5.02 Å². The highest BCUT2D eigenvalue weighted by Gasteiger charge is 2.20. The van der Waals surface area contributed by atoms with Crippen molar-refractivity contribution in [3.05, 3.63) is 82.4 Å². The Morgan fingerprint density at radius 2 is 1.67 bits per heavy atom. The number of hydrogen-bond donors (Lipinski definition) is 2. The van der Waals surface area contributed by atoms with Crippen molar-refractivity contribution in [2.75, 3.05) is 18.9 Å². The van der Waals surface area contributed by atoms with E-state index in [0.29, 0.717) is 11.5 Å². The molecule has 3 rings (SSSR count). The second kappa shape index (κ2) is 10.1. The normalized spacial score (nSPS) is 12.0. The summed E-state index contributed by atoms with van der Waals surface area (Å²) in [5.41, 5.74) is 2.02. The summed E-state index contributed by atoms with van der Waals surface area (Å²) in [6, 6.07) is 15.7. The van der Waals surface area contributed by atoms with Gasteiger partial charge in [-0.25, -0.2) is 8.42 Å². The Hall–Kier alpha value is -3.23. The summed E-state index contributed by atoms with van der Waals surface area (Å²) in [5.74, 6) is 0.750.